The van der Waals surface area contributed by atoms with Gasteiger partial charge in [-0.15, -0.1) is 0 Å². The van der Waals surface area contributed by atoms with Gasteiger partial charge in [0, 0.05) is 17.8 Å². The monoisotopic (exact) mass is 381 g/mol. The topological polar surface area (TPSA) is 58.6 Å². The number of para-hydroxylation sites is 1. The molecule has 8 heteroatoms. The smallest absolute Gasteiger partial charge is 0.490 e. The lowest BCUT2D eigenvalue weighted by Gasteiger charge is -2.21. The Balaban J connectivity index is 0.000000697. The number of hydrogen-bond donors (Lipinski definition) is 2. The second-order valence-electron chi connectivity index (χ2n) is 5.76. The van der Waals surface area contributed by atoms with Gasteiger partial charge in [0.25, 0.3) is 0 Å². The molecule has 0 aliphatic heterocycles. The summed E-state index contributed by atoms with van der Waals surface area (Å²) in [7, 11) is 0. The number of carboxylic acid groups (broad SMARTS) is 1. The number of rotatable bonds is 7. The number of thioether (sulfide) groups is 1. The first-order valence-corrected chi connectivity index (χ1v) is 9.12. The molecule has 0 aromatic heterocycles. The summed E-state index contributed by atoms with van der Waals surface area (Å²) >= 11 is 1.87. The normalized spacial score (nSPS) is 13.4. The fraction of sp³-hybridized carbons (Fsp3) is 0.588. The van der Waals surface area contributed by atoms with Gasteiger partial charge >= 0.3 is 12.1 Å². The molecule has 0 saturated heterocycles. The highest BCUT2D eigenvalue weighted by Gasteiger charge is 2.38. The van der Waals surface area contributed by atoms with Gasteiger partial charge in [0.1, 0.15) is 12.4 Å². The number of benzene rings is 1. The number of carbonyl (C=O) groups is 1. The highest BCUT2D eigenvalue weighted by atomic mass is 32.2. The van der Waals surface area contributed by atoms with Crippen molar-refractivity contribution >= 4 is 17.7 Å². The summed E-state index contributed by atoms with van der Waals surface area (Å²) in [5.74, 6) is -0.593. The highest BCUT2D eigenvalue weighted by molar-refractivity contribution is 7.98. The molecule has 1 aromatic rings. The van der Waals surface area contributed by atoms with Gasteiger partial charge in [-0.05, 0) is 45.1 Å². The molecule has 1 aromatic carbocycles. The largest absolute Gasteiger partial charge is 0.491 e. The second kappa shape index (κ2) is 11.3. The lowest BCUT2D eigenvalue weighted by Crippen LogP contribution is -2.39. The van der Waals surface area contributed by atoms with Crippen LogP contribution in [0.15, 0.2) is 18.2 Å². The van der Waals surface area contributed by atoms with Crippen LogP contribution in [-0.2, 0) is 4.79 Å². The van der Waals surface area contributed by atoms with Gasteiger partial charge in [-0.25, -0.2) is 4.79 Å². The van der Waals surface area contributed by atoms with Gasteiger partial charge < -0.3 is 15.2 Å². The number of aliphatic carboxylic acids is 1. The Labute approximate surface area is 151 Å². The number of nitrogens with one attached hydrogen (secondary N) is 1. The second-order valence-corrected chi connectivity index (χ2v) is 6.67. The van der Waals surface area contributed by atoms with E-state index in [0.717, 1.165) is 11.5 Å². The minimum absolute atomic E-state index is 0.367. The Morgan fingerprint density at radius 3 is 2.12 bits per heavy atom. The van der Waals surface area contributed by atoms with E-state index in [2.05, 4.69) is 57.5 Å². The number of alkyl halides is 3. The van der Waals surface area contributed by atoms with Crippen molar-refractivity contribution in [2.75, 3.05) is 18.6 Å². The van der Waals surface area contributed by atoms with Crippen LogP contribution in [0.1, 0.15) is 25.0 Å². The number of halogens is 3. The molecule has 0 radical (unpaired) electrons. The summed E-state index contributed by atoms with van der Waals surface area (Å²) in [6.07, 6.45) is -2.95. The van der Waals surface area contributed by atoms with Crippen LogP contribution in [0, 0.1) is 13.8 Å². The van der Waals surface area contributed by atoms with Crippen molar-refractivity contribution in [3.05, 3.63) is 29.3 Å². The molecule has 2 atom stereocenters. The Bertz CT molecular complexity index is 518. The lowest BCUT2D eigenvalue weighted by molar-refractivity contribution is -0.192. The number of carboxylic acids is 1. The number of aryl methyl sites for hydroxylation is 2. The van der Waals surface area contributed by atoms with Gasteiger partial charge in [0.15, 0.2) is 0 Å². The maximum atomic E-state index is 10.6. The molecule has 0 bridgehead atoms. The van der Waals surface area contributed by atoms with Crippen LogP contribution in [0.2, 0.25) is 0 Å². The molecule has 0 heterocycles. The van der Waals surface area contributed by atoms with E-state index in [1.807, 2.05) is 11.8 Å². The molecule has 4 nitrogen and oxygen atoms in total. The third kappa shape index (κ3) is 10.2. The predicted octanol–water partition coefficient (Wildman–Crippen LogP) is 4.05. The van der Waals surface area contributed by atoms with Crippen LogP contribution in [-0.4, -0.2) is 48.0 Å². The molecule has 0 saturated carbocycles. The highest BCUT2D eigenvalue weighted by Crippen LogP contribution is 2.22. The first-order valence-electron chi connectivity index (χ1n) is 7.73. The third-order valence-corrected chi connectivity index (χ3v) is 3.95. The summed E-state index contributed by atoms with van der Waals surface area (Å²) in [6, 6.07) is 7.15. The van der Waals surface area contributed by atoms with Crippen molar-refractivity contribution in [2.45, 2.75) is 46.0 Å². The van der Waals surface area contributed by atoms with E-state index in [0.29, 0.717) is 18.7 Å². The van der Waals surface area contributed by atoms with Crippen molar-refractivity contribution < 1.29 is 27.8 Å². The van der Waals surface area contributed by atoms with Crippen molar-refractivity contribution in [1.29, 1.82) is 0 Å². The van der Waals surface area contributed by atoms with E-state index in [4.69, 9.17) is 14.6 Å². The Hall–Kier alpha value is -1.41. The van der Waals surface area contributed by atoms with Gasteiger partial charge in [0.05, 0.1) is 0 Å². The van der Waals surface area contributed by atoms with Crippen LogP contribution in [0.5, 0.6) is 5.75 Å². The molecule has 144 valence electrons. The zero-order valence-corrected chi connectivity index (χ0v) is 15.9. The van der Waals surface area contributed by atoms with Crippen molar-refractivity contribution in [3.63, 3.8) is 0 Å². The maximum absolute atomic E-state index is 10.6. The molecular weight excluding hydrogens is 355 g/mol. The van der Waals surface area contributed by atoms with E-state index >= 15 is 0 Å². The van der Waals surface area contributed by atoms with Gasteiger partial charge in [-0.1, -0.05) is 18.2 Å². The van der Waals surface area contributed by atoms with E-state index in [9.17, 15) is 13.2 Å². The molecule has 0 aliphatic carbocycles. The molecule has 0 fully saturated rings. The average Bonchev–Trinajstić information content (AvgIpc) is 2.46. The first kappa shape index (κ1) is 23.6. The SMILES string of the molecule is CSCC(C)NC(C)COc1c(C)cccc1C.O=C(O)C(F)(F)F. The van der Waals surface area contributed by atoms with Crippen molar-refractivity contribution in [3.8, 4) is 5.75 Å². The minimum atomic E-state index is -5.08. The average molecular weight is 381 g/mol. The van der Waals surface area contributed by atoms with Crippen LogP contribution in [0.4, 0.5) is 13.2 Å². The zero-order chi connectivity index (χ0) is 19.6. The maximum Gasteiger partial charge on any atom is 0.490 e. The molecule has 0 aliphatic rings. The summed E-state index contributed by atoms with van der Waals surface area (Å²) in [5.41, 5.74) is 2.42. The van der Waals surface area contributed by atoms with Crippen LogP contribution >= 0.6 is 11.8 Å². The number of ether oxygens (including phenoxy) is 1. The quantitative estimate of drug-likeness (QED) is 0.746. The number of hydrogen-bond acceptors (Lipinski definition) is 4. The Kier molecular flexibility index (Phi) is 10.6. The van der Waals surface area contributed by atoms with Crippen LogP contribution < -0.4 is 10.1 Å². The Morgan fingerprint density at radius 2 is 1.72 bits per heavy atom. The summed E-state index contributed by atoms with van der Waals surface area (Å²) in [5, 5.41) is 10.7. The summed E-state index contributed by atoms with van der Waals surface area (Å²) < 4.78 is 37.7. The van der Waals surface area contributed by atoms with Crippen LogP contribution in [0.3, 0.4) is 0 Å². The van der Waals surface area contributed by atoms with Crippen molar-refractivity contribution in [1.82, 2.24) is 5.32 Å². The molecule has 0 spiro atoms. The van der Waals surface area contributed by atoms with Gasteiger partial charge in [-0.2, -0.15) is 24.9 Å². The first-order chi connectivity index (χ1) is 11.5. The fourth-order valence-electron chi connectivity index (χ4n) is 2.07. The molecule has 2 unspecified atom stereocenters. The molecule has 25 heavy (non-hydrogen) atoms. The van der Waals surface area contributed by atoms with Crippen molar-refractivity contribution in [2.24, 2.45) is 0 Å². The van der Waals surface area contributed by atoms with E-state index in [1.54, 1.807) is 0 Å². The fourth-order valence-corrected chi connectivity index (χ4v) is 2.66. The lowest BCUT2D eigenvalue weighted by atomic mass is 10.1. The molecule has 1 rings (SSSR count). The standard InChI is InChI=1S/C15H25NOS.C2HF3O2/c1-11-7-6-8-12(2)15(11)17-9-13(3)16-14(4)10-18-5;3-2(4,5)1(6)7/h6-8,13-14,16H,9-10H2,1-5H3;(H,6,7). The zero-order valence-electron chi connectivity index (χ0n) is 15.1. The Morgan fingerprint density at radius 1 is 1.24 bits per heavy atom. The minimum Gasteiger partial charge on any atom is -0.491 e. The van der Waals surface area contributed by atoms with Gasteiger partial charge in [0.2, 0.25) is 0 Å². The molecular formula is C17H26F3NO3S. The summed E-state index contributed by atoms with van der Waals surface area (Å²) in [4.78, 5) is 8.90. The van der Waals surface area contributed by atoms with E-state index in [-0.39, 0.29) is 0 Å². The molecule has 2 N–H and O–H groups in total. The summed E-state index contributed by atoms with van der Waals surface area (Å²) in [6.45, 7) is 9.29. The van der Waals surface area contributed by atoms with E-state index < -0.39 is 12.1 Å². The van der Waals surface area contributed by atoms with E-state index in [1.165, 1.54) is 11.1 Å². The predicted molar refractivity (Wildman–Crippen MR) is 95.5 cm³/mol. The molecule has 0 amide bonds. The third-order valence-electron chi connectivity index (χ3n) is 3.11. The van der Waals surface area contributed by atoms with Gasteiger partial charge in [-0.3, -0.25) is 0 Å². The van der Waals surface area contributed by atoms with Crippen LogP contribution in [0.25, 0.3) is 0 Å².